The summed E-state index contributed by atoms with van der Waals surface area (Å²) in [5.74, 6) is -0.693. The lowest BCUT2D eigenvalue weighted by atomic mass is 10.1. The maximum Gasteiger partial charge on any atom is 0.257 e. The predicted octanol–water partition coefficient (Wildman–Crippen LogP) is 2.57. The highest BCUT2D eigenvalue weighted by molar-refractivity contribution is 6.04. The summed E-state index contributed by atoms with van der Waals surface area (Å²) in [6.07, 6.45) is 2.17. The average molecular weight is 475 g/mol. The lowest BCUT2D eigenvalue weighted by Crippen LogP contribution is -2.29. The maximum absolute atomic E-state index is 12.8. The second-order valence-corrected chi connectivity index (χ2v) is 8.41. The molecule has 1 atom stereocenters. The number of hydrogen-bond donors (Lipinski definition) is 2. The molecule has 0 radical (unpaired) electrons. The molecule has 35 heavy (non-hydrogen) atoms. The molecule has 0 bridgehead atoms. The van der Waals surface area contributed by atoms with E-state index in [0.29, 0.717) is 40.9 Å². The highest BCUT2D eigenvalue weighted by Crippen LogP contribution is 2.27. The molecule has 3 amide bonds. The summed E-state index contributed by atoms with van der Waals surface area (Å²) in [6, 6.07) is 13.6. The molecular formula is C25H26N6O4. The zero-order chi connectivity index (χ0) is 24.9. The van der Waals surface area contributed by atoms with Crippen molar-refractivity contribution in [2.45, 2.75) is 38.3 Å². The third kappa shape index (κ3) is 5.47. The molecule has 3 aromatic rings. The summed E-state index contributed by atoms with van der Waals surface area (Å²) in [5, 5.41) is 11.7. The Labute approximate surface area is 202 Å². The van der Waals surface area contributed by atoms with Crippen LogP contribution in [-0.4, -0.2) is 47.0 Å². The largest absolute Gasteiger partial charge is 0.378 e. The fourth-order valence-corrected chi connectivity index (χ4v) is 4.02. The van der Waals surface area contributed by atoms with Crippen molar-refractivity contribution in [1.82, 2.24) is 9.55 Å². The zero-order valence-corrected chi connectivity index (χ0v) is 19.4. The summed E-state index contributed by atoms with van der Waals surface area (Å²) in [7, 11) is 1.70. The van der Waals surface area contributed by atoms with Crippen LogP contribution in [0.15, 0.2) is 42.5 Å². The highest BCUT2D eigenvalue weighted by atomic mass is 16.5. The van der Waals surface area contributed by atoms with E-state index in [1.807, 2.05) is 6.07 Å². The first-order valence-corrected chi connectivity index (χ1v) is 11.3. The van der Waals surface area contributed by atoms with Gasteiger partial charge in [-0.2, -0.15) is 5.26 Å². The Morgan fingerprint density at radius 3 is 2.69 bits per heavy atom. The van der Waals surface area contributed by atoms with Crippen molar-refractivity contribution in [3.05, 3.63) is 53.6 Å². The third-order valence-electron chi connectivity index (χ3n) is 6.00. The van der Waals surface area contributed by atoms with Gasteiger partial charge in [0, 0.05) is 37.9 Å². The molecule has 0 spiro atoms. The Morgan fingerprint density at radius 2 is 2.03 bits per heavy atom. The van der Waals surface area contributed by atoms with Gasteiger partial charge in [-0.05, 0) is 55.3 Å². The van der Waals surface area contributed by atoms with Gasteiger partial charge in [-0.25, -0.2) is 4.98 Å². The monoisotopic (exact) mass is 474 g/mol. The number of ether oxygens (including phenoxy) is 1. The molecule has 10 heteroatoms. The minimum Gasteiger partial charge on any atom is -0.378 e. The lowest BCUT2D eigenvalue weighted by Gasteiger charge is -2.19. The van der Waals surface area contributed by atoms with Gasteiger partial charge < -0.3 is 19.9 Å². The van der Waals surface area contributed by atoms with Crippen molar-refractivity contribution < 1.29 is 19.1 Å². The lowest BCUT2D eigenvalue weighted by molar-refractivity contribution is -0.120. The predicted molar refractivity (Wildman–Crippen MR) is 130 cm³/mol. The number of nitrogens with zero attached hydrogens (tertiary/aromatic N) is 4. The second kappa shape index (κ2) is 10.4. The van der Waals surface area contributed by atoms with Crippen molar-refractivity contribution >= 4 is 40.4 Å². The molecule has 180 valence electrons. The Bertz CT molecular complexity index is 1300. The summed E-state index contributed by atoms with van der Waals surface area (Å²) in [5.41, 5.74) is 8.05. The van der Waals surface area contributed by atoms with E-state index in [4.69, 9.17) is 15.7 Å². The van der Waals surface area contributed by atoms with Crippen molar-refractivity contribution in [1.29, 1.82) is 5.26 Å². The Balaban J connectivity index is 1.60. The smallest absolute Gasteiger partial charge is 0.257 e. The molecule has 2 aromatic carbocycles. The first-order valence-electron chi connectivity index (χ1n) is 11.3. The van der Waals surface area contributed by atoms with Gasteiger partial charge in [0.25, 0.3) is 5.91 Å². The first-order chi connectivity index (χ1) is 16.9. The number of rotatable bonds is 8. The van der Waals surface area contributed by atoms with E-state index in [1.54, 1.807) is 59.0 Å². The molecule has 1 unspecified atom stereocenters. The van der Waals surface area contributed by atoms with Gasteiger partial charge >= 0.3 is 0 Å². The van der Waals surface area contributed by atoms with Crippen LogP contribution in [0.1, 0.15) is 41.6 Å². The van der Waals surface area contributed by atoms with Crippen LogP contribution in [0, 0.1) is 11.3 Å². The molecule has 10 nitrogen and oxygen atoms in total. The summed E-state index contributed by atoms with van der Waals surface area (Å²) in [6.45, 7) is 0.912. The Hall–Kier alpha value is -4.23. The van der Waals surface area contributed by atoms with Gasteiger partial charge in [-0.1, -0.05) is 0 Å². The number of aromatic nitrogens is 2. The van der Waals surface area contributed by atoms with E-state index in [0.717, 1.165) is 12.8 Å². The van der Waals surface area contributed by atoms with Crippen LogP contribution in [0.5, 0.6) is 0 Å². The minimum atomic E-state index is -0.479. The molecule has 1 fully saturated rings. The van der Waals surface area contributed by atoms with Gasteiger partial charge in [0.15, 0.2) is 0 Å². The Morgan fingerprint density at radius 1 is 1.26 bits per heavy atom. The van der Waals surface area contributed by atoms with Gasteiger partial charge in [-0.3, -0.25) is 19.7 Å². The topological polar surface area (TPSA) is 143 Å². The second-order valence-electron chi connectivity index (χ2n) is 8.41. The molecule has 1 saturated heterocycles. The van der Waals surface area contributed by atoms with Gasteiger partial charge in [-0.15, -0.1) is 0 Å². The van der Waals surface area contributed by atoms with Crippen LogP contribution >= 0.6 is 0 Å². The molecule has 3 N–H and O–H groups in total. The number of amides is 3. The molecule has 0 aliphatic carbocycles. The van der Waals surface area contributed by atoms with Crippen LogP contribution in [0.25, 0.3) is 11.0 Å². The van der Waals surface area contributed by atoms with Crippen molar-refractivity contribution in [2.24, 2.45) is 5.73 Å². The zero-order valence-electron chi connectivity index (χ0n) is 19.4. The van der Waals surface area contributed by atoms with Crippen LogP contribution < -0.4 is 16.0 Å². The molecular weight excluding hydrogens is 448 g/mol. The number of carbonyl (C=O) groups excluding carboxylic acids is 3. The van der Waals surface area contributed by atoms with Crippen LogP contribution in [0.4, 0.5) is 11.6 Å². The van der Waals surface area contributed by atoms with Gasteiger partial charge in [0.1, 0.15) is 0 Å². The number of nitrogens with one attached hydrogen (secondary N) is 1. The van der Waals surface area contributed by atoms with Crippen molar-refractivity contribution in [2.75, 3.05) is 23.9 Å². The Kier molecular flexibility index (Phi) is 7.08. The number of benzene rings is 2. The van der Waals surface area contributed by atoms with E-state index < -0.39 is 11.8 Å². The average Bonchev–Trinajstić information content (AvgIpc) is 3.49. The molecule has 1 aliphatic rings. The normalized spacial score (nSPS) is 15.0. The quantitative estimate of drug-likeness (QED) is 0.514. The number of hydrogen-bond acceptors (Lipinski definition) is 6. The number of imidazole rings is 1. The van der Waals surface area contributed by atoms with E-state index >= 15 is 0 Å². The van der Waals surface area contributed by atoms with E-state index in [-0.39, 0.29) is 30.9 Å². The highest BCUT2D eigenvalue weighted by Gasteiger charge is 2.23. The fourth-order valence-electron chi connectivity index (χ4n) is 4.02. The first kappa shape index (κ1) is 23.9. The molecule has 0 saturated carbocycles. The van der Waals surface area contributed by atoms with Gasteiger partial charge in [0.05, 0.1) is 35.2 Å². The number of fused-ring (bicyclic) bond motifs is 1. The fraction of sp³-hybridized carbons (Fsp3) is 0.320. The van der Waals surface area contributed by atoms with E-state index in [9.17, 15) is 14.4 Å². The van der Waals surface area contributed by atoms with Crippen LogP contribution in [-0.2, 0) is 20.9 Å². The maximum atomic E-state index is 12.8. The summed E-state index contributed by atoms with van der Waals surface area (Å²) in [4.78, 5) is 43.1. The summed E-state index contributed by atoms with van der Waals surface area (Å²) >= 11 is 0. The summed E-state index contributed by atoms with van der Waals surface area (Å²) < 4.78 is 7.28. The number of primary amides is 1. The number of aryl methyl sites for hydroxylation is 1. The SMILES string of the molecule is CN(C(=O)CC1CCCO1)c1ccc2c(c1)nc(NC(=O)c1ccc(C#N)cc1)n2CCC(N)=O. The number of nitrogens with two attached hydrogens (primary N) is 1. The number of nitriles is 1. The number of carbonyl (C=O) groups is 3. The van der Waals surface area contributed by atoms with E-state index in [2.05, 4.69) is 10.3 Å². The molecule has 1 aliphatic heterocycles. The van der Waals surface area contributed by atoms with Crippen LogP contribution in [0.3, 0.4) is 0 Å². The molecule has 4 rings (SSSR count). The molecule has 1 aromatic heterocycles. The minimum absolute atomic E-state index is 0.0503. The standard InChI is InChI=1S/C25H26N6O4/c1-30(23(33)14-19-3-2-12-35-19)18-8-9-21-20(13-18)28-25(31(21)11-10-22(27)32)29-24(34)17-6-4-16(15-26)5-7-17/h4-9,13,19H,2-3,10-12,14H2,1H3,(H2,27,32)(H,28,29,34). The van der Waals surface area contributed by atoms with Crippen LogP contribution in [0.2, 0.25) is 0 Å². The van der Waals surface area contributed by atoms with Gasteiger partial charge in [0.2, 0.25) is 17.8 Å². The molecule has 2 heterocycles. The third-order valence-corrected chi connectivity index (χ3v) is 6.00. The van der Waals surface area contributed by atoms with Crippen molar-refractivity contribution in [3.8, 4) is 6.07 Å². The van der Waals surface area contributed by atoms with E-state index in [1.165, 1.54) is 0 Å². The van der Waals surface area contributed by atoms with Crippen molar-refractivity contribution in [3.63, 3.8) is 0 Å². The number of anilines is 2.